The molecule has 104 valence electrons. The molecule has 0 aliphatic carbocycles. The first-order valence-corrected chi connectivity index (χ1v) is 8.06. The van der Waals surface area contributed by atoms with Gasteiger partial charge in [-0.15, -0.1) is 11.3 Å². The highest BCUT2D eigenvalue weighted by Gasteiger charge is 2.27. The fraction of sp³-hybridized carbons (Fsp3) is 0.400. The van der Waals surface area contributed by atoms with Crippen molar-refractivity contribution in [1.82, 2.24) is 18.8 Å². The molecule has 0 radical (unpaired) electrons. The summed E-state index contributed by atoms with van der Waals surface area (Å²) in [7, 11) is -0.553. The first kappa shape index (κ1) is 14.4. The monoisotopic (exact) mass is 320 g/mol. The number of rotatable bonds is 4. The number of imidazole rings is 1. The Hall–Kier alpha value is -0.960. The van der Waals surface area contributed by atoms with Crippen molar-refractivity contribution in [3.05, 3.63) is 27.6 Å². The third-order valence-electron chi connectivity index (χ3n) is 2.70. The lowest BCUT2D eigenvalue weighted by atomic mass is 10.4. The van der Waals surface area contributed by atoms with Gasteiger partial charge in [0.1, 0.15) is 5.15 Å². The second kappa shape index (κ2) is 5.20. The van der Waals surface area contributed by atoms with Crippen LogP contribution in [0.5, 0.6) is 0 Å². The van der Waals surface area contributed by atoms with E-state index >= 15 is 0 Å². The maximum atomic E-state index is 12.4. The molecule has 0 unspecified atom stereocenters. The molecule has 0 aliphatic rings. The summed E-state index contributed by atoms with van der Waals surface area (Å²) in [6, 6.07) is 0. The van der Waals surface area contributed by atoms with Crippen LogP contribution in [0.1, 0.15) is 10.6 Å². The lowest BCUT2D eigenvalue weighted by Crippen LogP contribution is -2.27. The van der Waals surface area contributed by atoms with Crippen LogP contribution in [0.2, 0.25) is 5.15 Å². The van der Waals surface area contributed by atoms with E-state index in [0.29, 0.717) is 0 Å². The summed E-state index contributed by atoms with van der Waals surface area (Å²) >= 11 is 7.36. The molecule has 0 fully saturated rings. The van der Waals surface area contributed by atoms with E-state index in [-0.39, 0.29) is 16.7 Å². The second-order valence-electron chi connectivity index (χ2n) is 4.07. The molecule has 2 heterocycles. The van der Waals surface area contributed by atoms with Gasteiger partial charge >= 0.3 is 0 Å². The molecule has 0 N–H and O–H groups in total. The van der Waals surface area contributed by atoms with Gasteiger partial charge < -0.3 is 4.57 Å². The van der Waals surface area contributed by atoms with Gasteiger partial charge in [0.15, 0.2) is 0 Å². The molecule has 2 rings (SSSR count). The molecule has 6 nitrogen and oxygen atoms in total. The Morgan fingerprint density at radius 3 is 2.63 bits per heavy atom. The average molecular weight is 321 g/mol. The molecule has 0 saturated carbocycles. The molecular formula is C10H13ClN4O2S2. The predicted molar refractivity (Wildman–Crippen MR) is 73.7 cm³/mol. The summed E-state index contributed by atoms with van der Waals surface area (Å²) in [6.45, 7) is 2.10. The molecule has 0 spiro atoms. The van der Waals surface area contributed by atoms with Gasteiger partial charge in [-0.25, -0.2) is 18.4 Å². The van der Waals surface area contributed by atoms with Gasteiger partial charge in [0.05, 0.1) is 17.5 Å². The number of hydrogen-bond acceptors (Lipinski definition) is 5. The van der Waals surface area contributed by atoms with Crippen molar-refractivity contribution in [2.24, 2.45) is 7.05 Å². The topological polar surface area (TPSA) is 68.1 Å². The van der Waals surface area contributed by atoms with E-state index < -0.39 is 10.0 Å². The fourth-order valence-corrected chi connectivity index (χ4v) is 3.91. The zero-order valence-corrected chi connectivity index (χ0v) is 13.1. The molecule has 0 saturated heterocycles. The number of sulfonamides is 1. The van der Waals surface area contributed by atoms with Crippen molar-refractivity contribution in [2.75, 3.05) is 7.05 Å². The maximum Gasteiger partial charge on any atom is 0.263 e. The molecule has 2 aromatic heterocycles. The highest BCUT2D eigenvalue weighted by molar-refractivity contribution is 7.89. The van der Waals surface area contributed by atoms with E-state index in [0.717, 1.165) is 10.6 Å². The normalized spacial score (nSPS) is 12.3. The van der Waals surface area contributed by atoms with E-state index in [1.54, 1.807) is 12.6 Å². The van der Waals surface area contributed by atoms with Crippen LogP contribution in [0.25, 0.3) is 0 Å². The Labute approximate surface area is 120 Å². The Balaban J connectivity index is 2.30. The van der Waals surface area contributed by atoms with Crippen molar-refractivity contribution in [2.45, 2.75) is 18.5 Å². The maximum absolute atomic E-state index is 12.4. The van der Waals surface area contributed by atoms with E-state index in [2.05, 4.69) is 9.97 Å². The van der Waals surface area contributed by atoms with Crippen LogP contribution in [-0.2, 0) is 23.6 Å². The Kier molecular flexibility index (Phi) is 3.95. The molecule has 0 amide bonds. The van der Waals surface area contributed by atoms with Gasteiger partial charge in [-0.1, -0.05) is 11.6 Å². The van der Waals surface area contributed by atoms with Gasteiger partial charge in [-0.05, 0) is 6.92 Å². The lowest BCUT2D eigenvalue weighted by Gasteiger charge is -2.15. The summed E-state index contributed by atoms with van der Waals surface area (Å²) < 4.78 is 27.4. The van der Waals surface area contributed by atoms with Gasteiger partial charge in [0, 0.05) is 25.5 Å². The Bertz CT molecular complexity index is 692. The largest absolute Gasteiger partial charge is 0.324 e. The highest BCUT2D eigenvalue weighted by atomic mass is 35.5. The smallest absolute Gasteiger partial charge is 0.263 e. The fourth-order valence-electron chi connectivity index (χ4n) is 1.48. The Morgan fingerprint density at radius 1 is 1.47 bits per heavy atom. The molecule has 0 atom stereocenters. The minimum atomic E-state index is -3.69. The van der Waals surface area contributed by atoms with E-state index in [9.17, 15) is 8.42 Å². The van der Waals surface area contributed by atoms with Crippen molar-refractivity contribution in [3.8, 4) is 0 Å². The predicted octanol–water partition coefficient (Wildman–Crippen LogP) is 1.66. The first-order chi connectivity index (χ1) is 8.84. The van der Waals surface area contributed by atoms with Crippen LogP contribution in [0.3, 0.4) is 0 Å². The molecule has 19 heavy (non-hydrogen) atoms. The number of thiazole rings is 1. The summed E-state index contributed by atoms with van der Waals surface area (Å²) in [5.74, 6) is 0. The lowest BCUT2D eigenvalue weighted by molar-refractivity contribution is 0.466. The van der Waals surface area contributed by atoms with E-state index in [4.69, 9.17) is 11.6 Å². The standard InChI is InChI=1S/C10H13ClN4O2S2/c1-7-8(18-6-13-7)4-15(3)19(16,17)10-9(11)14(2)5-12-10/h5-6H,4H2,1-3H3. The third-order valence-corrected chi connectivity index (χ3v) is 5.91. The third kappa shape index (κ3) is 2.66. The quantitative estimate of drug-likeness (QED) is 0.859. The zero-order valence-electron chi connectivity index (χ0n) is 10.7. The zero-order chi connectivity index (χ0) is 14.2. The summed E-state index contributed by atoms with van der Waals surface area (Å²) in [5, 5.41) is -0.0192. The second-order valence-corrected chi connectivity index (χ2v) is 7.33. The molecular weight excluding hydrogens is 308 g/mol. The van der Waals surface area contributed by atoms with Crippen LogP contribution in [-0.4, -0.2) is 34.3 Å². The molecule has 0 aromatic carbocycles. The average Bonchev–Trinajstić information content (AvgIpc) is 2.88. The molecule has 9 heteroatoms. The highest BCUT2D eigenvalue weighted by Crippen LogP contribution is 2.24. The number of hydrogen-bond donors (Lipinski definition) is 0. The number of aryl methyl sites for hydroxylation is 2. The summed E-state index contributed by atoms with van der Waals surface area (Å²) in [4.78, 5) is 8.85. The van der Waals surface area contributed by atoms with Crippen molar-refractivity contribution >= 4 is 33.0 Å². The van der Waals surface area contributed by atoms with Crippen molar-refractivity contribution < 1.29 is 8.42 Å². The molecule has 2 aromatic rings. The number of halogens is 1. The van der Waals surface area contributed by atoms with E-state index in [1.807, 2.05) is 6.92 Å². The van der Waals surface area contributed by atoms with Gasteiger partial charge in [0.2, 0.25) is 5.03 Å². The van der Waals surface area contributed by atoms with E-state index in [1.165, 1.54) is 33.6 Å². The summed E-state index contributed by atoms with van der Waals surface area (Å²) in [6.07, 6.45) is 1.38. The number of nitrogens with zero attached hydrogens (tertiary/aromatic N) is 4. The van der Waals surface area contributed by atoms with Gasteiger partial charge in [-0.2, -0.15) is 4.31 Å². The van der Waals surface area contributed by atoms with Crippen LogP contribution < -0.4 is 0 Å². The minimum absolute atomic E-state index is 0.105. The van der Waals surface area contributed by atoms with Crippen molar-refractivity contribution in [1.29, 1.82) is 0 Å². The van der Waals surface area contributed by atoms with Crippen molar-refractivity contribution in [3.63, 3.8) is 0 Å². The molecule has 0 aliphatic heterocycles. The van der Waals surface area contributed by atoms with Crippen LogP contribution >= 0.6 is 22.9 Å². The van der Waals surface area contributed by atoms with Gasteiger partial charge in [0.25, 0.3) is 10.0 Å². The van der Waals surface area contributed by atoms with Crippen LogP contribution in [0.15, 0.2) is 16.9 Å². The summed E-state index contributed by atoms with van der Waals surface area (Å²) in [5.41, 5.74) is 2.53. The minimum Gasteiger partial charge on any atom is -0.324 e. The molecule has 0 bridgehead atoms. The van der Waals surface area contributed by atoms with Gasteiger partial charge in [-0.3, -0.25) is 0 Å². The number of aromatic nitrogens is 3. The van der Waals surface area contributed by atoms with Crippen LogP contribution in [0, 0.1) is 6.92 Å². The SMILES string of the molecule is Cc1ncsc1CN(C)S(=O)(=O)c1ncn(C)c1Cl. The van der Waals surface area contributed by atoms with Crippen LogP contribution in [0.4, 0.5) is 0 Å². The Morgan fingerprint density at radius 2 is 2.16 bits per heavy atom. The first-order valence-electron chi connectivity index (χ1n) is 5.36.